The summed E-state index contributed by atoms with van der Waals surface area (Å²) in [5.74, 6) is 0. The van der Waals surface area contributed by atoms with Crippen molar-refractivity contribution in [2.24, 2.45) is 0 Å². The third kappa shape index (κ3) is 4.53. The van der Waals surface area contributed by atoms with Gasteiger partial charge in [0.15, 0.2) is 9.84 Å². The predicted octanol–water partition coefficient (Wildman–Crippen LogP) is -0.125. The number of nitrogens with one attached hydrogen (secondary N) is 3. The molecule has 24 heavy (non-hydrogen) atoms. The van der Waals surface area contributed by atoms with Gasteiger partial charge in [0.2, 0.25) is 0 Å². The Hall–Kier alpha value is -1.03. The van der Waals surface area contributed by atoms with Gasteiger partial charge in [-0.1, -0.05) is 12.1 Å². The van der Waals surface area contributed by atoms with E-state index < -0.39 is 9.84 Å². The summed E-state index contributed by atoms with van der Waals surface area (Å²) in [5, 5.41) is 8.95. The highest BCUT2D eigenvalue weighted by atomic mass is 32.2. The van der Waals surface area contributed by atoms with Crippen molar-refractivity contribution >= 4 is 9.84 Å². The van der Waals surface area contributed by atoms with Gasteiger partial charge >= 0.3 is 0 Å². The maximum atomic E-state index is 11.5. The summed E-state index contributed by atoms with van der Waals surface area (Å²) in [6.45, 7) is 3.27. The Morgan fingerprint density at radius 2 is 2.00 bits per heavy atom. The van der Waals surface area contributed by atoms with Crippen LogP contribution in [0.4, 0.5) is 0 Å². The van der Waals surface area contributed by atoms with Crippen molar-refractivity contribution in [2.45, 2.75) is 29.6 Å². The molecule has 1 aromatic carbocycles. The van der Waals surface area contributed by atoms with E-state index in [0.29, 0.717) is 17.5 Å². The summed E-state index contributed by atoms with van der Waals surface area (Å²) in [7, 11) is -1.12. The number of hydrogen-bond acceptors (Lipinski definition) is 7. The number of hydrazine groups is 1. The van der Waals surface area contributed by atoms with Crippen molar-refractivity contribution in [2.75, 3.05) is 39.5 Å². The lowest BCUT2D eigenvalue weighted by Crippen LogP contribution is -2.52. The van der Waals surface area contributed by atoms with Crippen LogP contribution in [0, 0.1) is 0 Å². The molecule has 1 aromatic rings. The fourth-order valence-corrected chi connectivity index (χ4v) is 3.74. The number of ether oxygens (including phenoxy) is 1. The Bertz CT molecular complexity index is 650. The third-order valence-electron chi connectivity index (χ3n) is 4.49. The van der Waals surface area contributed by atoms with Crippen molar-refractivity contribution in [1.29, 1.82) is 0 Å². The number of piperazine rings is 1. The summed E-state index contributed by atoms with van der Waals surface area (Å²) in [5.41, 5.74) is 4.42. The molecule has 2 fully saturated rings. The second kappa shape index (κ2) is 7.47. The standard InChI is InChI=1S/C16H26N4O3S/c1-20-8-7-13(19-20)11-23-16-10-17-9-15(18-16)12-3-5-14(6-4-12)24(2,21)22/h3-6,13,15-19H,7-11H2,1-2H3. The normalized spacial score (nSPS) is 29.0. The van der Waals surface area contributed by atoms with Gasteiger partial charge in [-0.15, -0.1) is 0 Å². The van der Waals surface area contributed by atoms with E-state index in [4.69, 9.17) is 4.74 Å². The molecule has 2 aliphatic rings. The SMILES string of the molecule is CN1CCC(COC2CNCC(c3ccc(S(C)(=O)=O)cc3)N2)N1. The third-order valence-corrected chi connectivity index (χ3v) is 5.62. The Morgan fingerprint density at radius 1 is 1.25 bits per heavy atom. The number of hydrogen-bond donors (Lipinski definition) is 3. The zero-order valence-electron chi connectivity index (χ0n) is 14.2. The van der Waals surface area contributed by atoms with Gasteiger partial charge in [0.05, 0.1) is 11.5 Å². The van der Waals surface area contributed by atoms with Gasteiger partial charge in [-0.25, -0.2) is 13.4 Å². The van der Waals surface area contributed by atoms with Crippen LogP contribution in [0.25, 0.3) is 0 Å². The molecule has 3 rings (SSSR count). The van der Waals surface area contributed by atoms with Crippen molar-refractivity contribution in [3.63, 3.8) is 0 Å². The van der Waals surface area contributed by atoms with E-state index >= 15 is 0 Å². The summed E-state index contributed by atoms with van der Waals surface area (Å²) in [6, 6.07) is 7.53. The molecule has 3 atom stereocenters. The maximum absolute atomic E-state index is 11.5. The molecule has 0 aromatic heterocycles. The zero-order valence-corrected chi connectivity index (χ0v) is 15.0. The van der Waals surface area contributed by atoms with Gasteiger partial charge in [-0.05, 0) is 24.1 Å². The van der Waals surface area contributed by atoms with Crippen molar-refractivity contribution < 1.29 is 13.2 Å². The topological polar surface area (TPSA) is 82.7 Å². The molecule has 7 nitrogen and oxygen atoms in total. The van der Waals surface area contributed by atoms with E-state index in [2.05, 4.69) is 21.1 Å². The number of benzene rings is 1. The minimum atomic E-state index is -3.16. The second-order valence-corrected chi connectivity index (χ2v) is 8.59. The molecule has 2 aliphatic heterocycles. The van der Waals surface area contributed by atoms with E-state index in [1.807, 2.05) is 19.2 Å². The molecule has 3 N–H and O–H groups in total. The van der Waals surface area contributed by atoms with Crippen LogP contribution in [0.3, 0.4) is 0 Å². The molecule has 0 amide bonds. The van der Waals surface area contributed by atoms with Crippen LogP contribution in [-0.4, -0.2) is 65.2 Å². The highest BCUT2D eigenvalue weighted by Gasteiger charge is 2.25. The summed E-state index contributed by atoms with van der Waals surface area (Å²) >= 11 is 0. The van der Waals surface area contributed by atoms with E-state index in [-0.39, 0.29) is 12.3 Å². The first kappa shape index (κ1) is 17.8. The lowest BCUT2D eigenvalue weighted by atomic mass is 10.1. The fraction of sp³-hybridized carbons (Fsp3) is 0.625. The predicted molar refractivity (Wildman–Crippen MR) is 92.2 cm³/mol. The fourth-order valence-electron chi connectivity index (χ4n) is 3.11. The van der Waals surface area contributed by atoms with Crippen LogP contribution in [0.15, 0.2) is 29.2 Å². The van der Waals surface area contributed by atoms with Gasteiger partial charge < -0.3 is 10.1 Å². The molecule has 2 saturated heterocycles. The number of nitrogens with zero attached hydrogens (tertiary/aromatic N) is 1. The zero-order chi connectivity index (χ0) is 17.2. The van der Waals surface area contributed by atoms with Gasteiger partial charge in [-0.2, -0.15) is 0 Å². The Morgan fingerprint density at radius 3 is 2.62 bits per heavy atom. The van der Waals surface area contributed by atoms with Crippen LogP contribution in [0.2, 0.25) is 0 Å². The van der Waals surface area contributed by atoms with Crippen LogP contribution in [-0.2, 0) is 14.6 Å². The Kier molecular flexibility index (Phi) is 5.53. The molecule has 0 bridgehead atoms. The summed E-state index contributed by atoms with van der Waals surface area (Å²) in [4.78, 5) is 0.347. The maximum Gasteiger partial charge on any atom is 0.175 e. The van der Waals surface area contributed by atoms with Gasteiger partial charge in [-0.3, -0.25) is 10.7 Å². The van der Waals surface area contributed by atoms with Crippen molar-refractivity contribution in [3.05, 3.63) is 29.8 Å². The molecule has 8 heteroatoms. The van der Waals surface area contributed by atoms with E-state index in [0.717, 1.165) is 31.6 Å². The highest BCUT2D eigenvalue weighted by molar-refractivity contribution is 7.90. The quantitative estimate of drug-likeness (QED) is 0.680. The molecule has 0 saturated carbocycles. The molecular weight excluding hydrogens is 328 g/mol. The molecule has 134 valence electrons. The monoisotopic (exact) mass is 354 g/mol. The molecule has 0 radical (unpaired) electrons. The largest absolute Gasteiger partial charge is 0.360 e. The van der Waals surface area contributed by atoms with Crippen LogP contribution in [0.1, 0.15) is 18.0 Å². The van der Waals surface area contributed by atoms with Gasteiger partial charge in [0.25, 0.3) is 0 Å². The Balaban J connectivity index is 1.55. The highest BCUT2D eigenvalue weighted by Crippen LogP contribution is 2.19. The van der Waals surface area contributed by atoms with Gasteiger partial charge in [0.1, 0.15) is 6.23 Å². The van der Waals surface area contributed by atoms with E-state index in [1.165, 1.54) is 6.26 Å². The Labute approximate surface area is 143 Å². The average molecular weight is 354 g/mol. The first-order valence-electron chi connectivity index (χ1n) is 8.27. The molecule has 0 aliphatic carbocycles. The summed E-state index contributed by atoms with van der Waals surface area (Å²) < 4.78 is 29.1. The molecule has 2 heterocycles. The van der Waals surface area contributed by atoms with E-state index in [1.54, 1.807) is 12.1 Å². The first-order valence-corrected chi connectivity index (χ1v) is 10.2. The van der Waals surface area contributed by atoms with Crippen LogP contribution < -0.4 is 16.1 Å². The minimum absolute atomic E-state index is 0.0500. The molecular formula is C16H26N4O3S. The first-order chi connectivity index (χ1) is 11.4. The average Bonchev–Trinajstić information content (AvgIpc) is 2.98. The molecule has 0 spiro atoms. The van der Waals surface area contributed by atoms with Gasteiger partial charge in [0, 0.05) is 45.0 Å². The smallest absolute Gasteiger partial charge is 0.175 e. The lowest BCUT2D eigenvalue weighted by Gasteiger charge is -2.32. The lowest BCUT2D eigenvalue weighted by molar-refractivity contribution is -0.00312. The summed E-state index contributed by atoms with van der Waals surface area (Å²) in [6.07, 6.45) is 2.26. The van der Waals surface area contributed by atoms with Crippen molar-refractivity contribution in [1.82, 2.24) is 21.1 Å². The number of sulfone groups is 1. The number of rotatable bonds is 5. The molecule has 3 unspecified atom stereocenters. The van der Waals surface area contributed by atoms with Crippen molar-refractivity contribution in [3.8, 4) is 0 Å². The second-order valence-electron chi connectivity index (χ2n) is 6.58. The minimum Gasteiger partial charge on any atom is -0.360 e. The van der Waals surface area contributed by atoms with E-state index in [9.17, 15) is 8.42 Å². The van der Waals surface area contributed by atoms with Crippen LogP contribution in [0.5, 0.6) is 0 Å². The van der Waals surface area contributed by atoms with Crippen LogP contribution >= 0.6 is 0 Å².